The highest BCUT2D eigenvalue weighted by atomic mass is 127. The molecule has 7 heteroatoms. The predicted octanol–water partition coefficient (Wildman–Crippen LogP) is 14.5. The zero-order valence-electron chi connectivity index (χ0n) is 32.5. The Bertz CT molecular complexity index is 2830. The molecule has 0 saturated heterocycles. The Hall–Kier alpha value is -5.00. The Morgan fingerprint density at radius 3 is 1.26 bits per heavy atom. The van der Waals surface area contributed by atoms with Gasteiger partial charge in [-0.15, -0.1) is 0 Å². The van der Waals surface area contributed by atoms with Crippen molar-refractivity contribution < 1.29 is 18.4 Å². The number of hydrogen-bond acceptors (Lipinski definition) is 4. The largest absolute Gasteiger partial charge is 0.446 e. The summed E-state index contributed by atoms with van der Waals surface area (Å²) in [5, 5.41) is 5.58. The van der Waals surface area contributed by atoms with Gasteiger partial charge in [-0.3, -0.25) is 9.59 Å². The minimum Gasteiger partial charge on any atom is -0.446 e. The van der Waals surface area contributed by atoms with E-state index >= 15 is 9.59 Å². The van der Waals surface area contributed by atoms with Crippen molar-refractivity contribution in [1.82, 2.24) is 0 Å². The van der Waals surface area contributed by atoms with E-state index in [-0.39, 0.29) is 22.4 Å². The molecule has 1 aliphatic heterocycles. The first-order valence-electron chi connectivity index (χ1n) is 19.0. The number of carbonyl (C=O) groups is 2. The van der Waals surface area contributed by atoms with E-state index in [1.807, 2.05) is 42.5 Å². The number of rotatable bonds is 3. The molecule has 8 aromatic rings. The molecule has 1 aliphatic rings. The first-order chi connectivity index (χ1) is 27.2. The normalized spacial score (nSPS) is 13.3. The lowest BCUT2D eigenvalue weighted by atomic mass is 9.85. The molecule has 2 amide bonds. The second-order valence-electron chi connectivity index (χ2n) is 16.7. The van der Waals surface area contributed by atoms with Gasteiger partial charge in [0.05, 0.1) is 12.8 Å². The number of anilines is 1. The molecule has 0 bridgehead atoms. The van der Waals surface area contributed by atoms with Gasteiger partial charge in [-0.2, -0.15) is 0 Å². The molecule has 5 nitrogen and oxygen atoms in total. The van der Waals surface area contributed by atoms with E-state index in [9.17, 15) is 0 Å². The van der Waals surface area contributed by atoms with E-state index in [2.05, 4.69) is 172 Å². The van der Waals surface area contributed by atoms with E-state index in [4.69, 9.17) is 8.83 Å². The number of hydrogen-bond donors (Lipinski definition) is 0. The molecular formula is C50H39I2NO4. The van der Waals surface area contributed by atoms with Gasteiger partial charge in [-0.1, -0.05) is 157 Å². The minimum absolute atomic E-state index is 0.0498. The van der Waals surface area contributed by atoms with Crippen molar-refractivity contribution in [2.24, 2.45) is 0 Å². The second kappa shape index (κ2) is 13.8. The van der Waals surface area contributed by atoms with E-state index in [0.717, 1.165) is 61.7 Å². The van der Waals surface area contributed by atoms with Crippen molar-refractivity contribution in [3.63, 3.8) is 0 Å². The number of amides is 2. The standard InChI is InChI=1S/C50H39I2NO4/c1-49(2,3)32-22-18-28(19-23-32)36-16-11-17-37(29-20-24-33(25-21-29)50(4,5)6)42(36)53-47(54)45-46(48(53)55)57-44-39(52)27-31-13-8-10-15-35(31)41(44)40-34-14-9-7-12-30(34)26-38(51)43(40)56-45/h7-27H,1-6H3. The third-order valence-electron chi connectivity index (χ3n) is 11.0. The van der Waals surface area contributed by atoms with Gasteiger partial charge in [0.2, 0.25) is 11.5 Å². The van der Waals surface area contributed by atoms with Crippen LogP contribution in [0.25, 0.3) is 65.7 Å². The first kappa shape index (κ1) is 37.6. The fraction of sp³-hybridized carbons (Fsp3) is 0.160. The van der Waals surface area contributed by atoms with Crippen molar-refractivity contribution in [3.05, 3.63) is 157 Å². The molecule has 7 aromatic carbocycles. The summed E-state index contributed by atoms with van der Waals surface area (Å²) in [5.41, 5.74) is 7.00. The van der Waals surface area contributed by atoms with Crippen LogP contribution in [0, 0.1) is 7.14 Å². The Labute approximate surface area is 358 Å². The summed E-state index contributed by atoms with van der Waals surface area (Å²) in [6.07, 6.45) is 0. The van der Waals surface area contributed by atoms with Crippen LogP contribution in [0.15, 0.2) is 136 Å². The van der Waals surface area contributed by atoms with Crippen LogP contribution in [0.1, 0.15) is 73.8 Å². The number of nitrogens with zero attached hydrogens (tertiary/aromatic N) is 1. The van der Waals surface area contributed by atoms with Gasteiger partial charge >= 0.3 is 11.8 Å². The summed E-state index contributed by atoms with van der Waals surface area (Å²) in [6, 6.07) is 43.1. The molecule has 0 radical (unpaired) electrons. The molecule has 0 fully saturated rings. The van der Waals surface area contributed by atoms with Crippen molar-refractivity contribution in [3.8, 4) is 22.3 Å². The van der Waals surface area contributed by atoms with Crippen LogP contribution in [0.5, 0.6) is 0 Å². The van der Waals surface area contributed by atoms with E-state index in [1.165, 1.54) is 16.0 Å². The van der Waals surface area contributed by atoms with E-state index in [0.29, 0.717) is 16.9 Å². The van der Waals surface area contributed by atoms with Gasteiger partial charge in [-0.05, 0) is 112 Å². The van der Waals surface area contributed by atoms with Gasteiger partial charge in [-0.25, -0.2) is 4.90 Å². The van der Waals surface area contributed by atoms with Gasteiger partial charge in [0.1, 0.15) is 11.2 Å². The van der Waals surface area contributed by atoms with Crippen molar-refractivity contribution in [2.75, 3.05) is 4.90 Å². The summed E-state index contributed by atoms with van der Waals surface area (Å²) in [5.74, 6) is -1.46. The third-order valence-corrected chi connectivity index (χ3v) is 12.6. The number of fused-ring (bicyclic) bond motifs is 8. The number of imide groups is 1. The first-order valence-corrected chi connectivity index (χ1v) is 21.1. The second-order valence-corrected chi connectivity index (χ2v) is 19.1. The molecule has 9 rings (SSSR count). The summed E-state index contributed by atoms with van der Waals surface area (Å²) < 4.78 is 15.2. The molecule has 0 saturated carbocycles. The van der Waals surface area contributed by atoms with Crippen LogP contribution < -0.4 is 4.90 Å². The van der Waals surface area contributed by atoms with Gasteiger partial charge in [0.15, 0.2) is 0 Å². The highest BCUT2D eigenvalue weighted by Gasteiger charge is 2.44. The van der Waals surface area contributed by atoms with Crippen LogP contribution in [0.3, 0.4) is 0 Å². The quantitative estimate of drug-likeness (QED) is 0.131. The lowest BCUT2D eigenvalue weighted by molar-refractivity contribution is 0.0911. The van der Waals surface area contributed by atoms with Crippen molar-refractivity contribution >= 4 is 106 Å². The summed E-state index contributed by atoms with van der Waals surface area (Å²) in [4.78, 5) is 31.6. The smallest absolute Gasteiger partial charge is 0.305 e. The molecule has 0 N–H and O–H groups in total. The zero-order chi connectivity index (χ0) is 40.0. The Kier molecular flexibility index (Phi) is 9.12. The monoisotopic (exact) mass is 971 g/mol. The molecule has 0 spiro atoms. The van der Waals surface area contributed by atoms with Crippen LogP contribution >= 0.6 is 45.2 Å². The molecule has 1 aromatic heterocycles. The van der Waals surface area contributed by atoms with Gasteiger partial charge < -0.3 is 8.83 Å². The number of carbonyl (C=O) groups excluding carboxylic acids is 2. The number of halogens is 2. The predicted molar refractivity (Wildman–Crippen MR) is 250 cm³/mol. The lowest BCUT2D eigenvalue weighted by Gasteiger charge is -2.24. The molecular weight excluding hydrogens is 932 g/mol. The minimum atomic E-state index is -0.588. The van der Waals surface area contributed by atoms with Gasteiger partial charge in [0, 0.05) is 21.9 Å². The lowest BCUT2D eigenvalue weighted by Crippen LogP contribution is -2.30. The maximum absolute atomic E-state index is 15.2. The van der Waals surface area contributed by atoms with Crippen molar-refractivity contribution in [1.29, 1.82) is 0 Å². The molecule has 57 heavy (non-hydrogen) atoms. The average Bonchev–Trinajstić information content (AvgIpc) is 3.39. The van der Waals surface area contributed by atoms with E-state index in [1.54, 1.807) is 0 Å². The highest BCUT2D eigenvalue weighted by Crippen LogP contribution is 2.46. The zero-order valence-corrected chi connectivity index (χ0v) is 36.8. The molecule has 0 unspecified atom stereocenters. The molecule has 2 heterocycles. The van der Waals surface area contributed by atoms with Crippen LogP contribution in [0.4, 0.5) is 5.69 Å². The summed E-state index contributed by atoms with van der Waals surface area (Å²) >= 11 is 4.55. The third kappa shape index (κ3) is 6.34. The molecule has 282 valence electrons. The number of benzene rings is 7. The Morgan fingerprint density at radius 2 is 0.877 bits per heavy atom. The Morgan fingerprint density at radius 1 is 0.491 bits per heavy atom. The average molecular weight is 972 g/mol. The Balaban J connectivity index is 1.36. The maximum atomic E-state index is 15.2. The fourth-order valence-electron chi connectivity index (χ4n) is 7.91. The maximum Gasteiger partial charge on any atom is 0.305 e. The number of para-hydroxylation sites is 1. The summed E-state index contributed by atoms with van der Waals surface area (Å²) in [7, 11) is 0. The van der Waals surface area contributed by atoms with Crippen LogP contribution in [-0.4, -0.2) is 11.8 Å². The van der Waals surface area contributed by atoms with Crippen molar-refractivity contribution in [2.45, 2.75) is 52.4 Å². The molecule has 0 aliphatic carbocycles. The van der Waals surface area contributed by atoms with Crippen LogP contribution in [-0.2, 0) is 10.8 Å². The van der Waals surface area contributed by atoms with E-state index < -0.39 is 11.8 Å². The summed E-state index contributed by atoms with van der Waals surface area (Å²) in [6.45, 7) is 13.1. The van der Waals surface area contributed by atoms with Gasteiger partial charge in [0.25, 0.3) is 0 Å². The molecule has 0 atom stereocenters. The fourth-order valence-corrected chi connectivity index (χ4v) is 9.34. The SMILES string of the molecule is CC(C)(C)c1ccc(-c2cccc(-c3ccc(C(C)(C)C)cc3)c2N2C(=O)c3oc4c(I)cc5ccccc5c4c4c(oc3C2=O)c(I)cc2ccccc24)cc1. The van der Waals surface area contributed by atoms with Crippen LogP contribution in [0.2, 0.25) is 0 Å². The highest BCUT2D eigenvalue weighted by molar-refractivity contribution is 14.1. The topological polar surface area (TPSA) is 63.7 Å².